The second kappa shape index (κ2) is 3.39. The lowest BCUT2D eigenvalue weighted by atomic mass is 9.94. The molecule has 68 valence electrons. The number of hydrogen-bond donors (Lipinski definition) is 0. The average Bonchev–Trinajstić information content (AvgIpc) is 2.39. The summed E-state index contributed by atoms with van der Waals surface area (Å²) in [5.41, 5.74) is 0. The highest BCUT2D eigenvalue weighted by molar-refractivity contribution is 8.14. The predicted molar refractivity (Wildman–Crippen MR) is 56.8 cm³/mol. The van der Waals surface area contributed by atoms with E-state index in [0.29, 0.717) is 11.3 Å². The van der Waals surface area contributed by atoms with Gasteiger partial charge >= 0.3 is 0 Å². The molecular weight excluding hydrogens is 213 g/mol. The van der Waals surface area contributed by atoms with Gasteiger partial charge in [-0.1, -0.05) is 0 Å². The molecule has 1 nitrogen and oxygen atoms in total. The van der Waals surface area contributed by atoms with Gasteiger partial charge in [-0.2, -0.15) is 0 Å². The maximum Gasteiger partial charge on any atom is 0.0652 e. The molecule has 0 aromatic rings. The molecule has 1 saturated carbocycles. The van der Waals surface area contributed by atoms with Gasteiger partial charge in [-0.15, -0.1) is 35.0 Å². The zero-order valence-electron chi connectivity index (χ0n) is 6.84. The lowest BCUT2D eigenvalue weighted by molar-refractivity contribution is 0.473. The van der Waals surface area contributed by atoms with Crippen LogP contribution < -0.4 is 0 Å². The zero-order chi connectivity index (χ0) is 8.72. The first kappa shape index (κ1) is 9.17. The summed E-state index contributed by atoms with van der Waals surface area (Å²) in [7, 11) is 0. The quantitative estimate of drug-likeness (QED) is 0.576. The fourth-order valence-corrected chi connectivity index (χ4v) is 3.89. The maximum atomic E-state index is 6.21. The second-order valence-corrected chi connectivity index (χ2v) is 5.77. The largest absolute Gasteiger partial charge is 0.279 e. The van der Waals surface area contributed by atoms with Crippen LogP contribution in [0.2, 0.25) is 0 Å². The van der Waals surface area contributed by atoms with Crippen LogP contribution in [0.25, 0.3) is 0 Å². The Labute approximate surface area is 86.9 Å². The summed E-state index contributed by atoms with van der Waals surface area (Å²) in [6.07, 6.45) is 2.11. The highest BCUT2D eigenvalue weighted by Gasteiger charge is 2.41. The molecule has 0 radical (unpaired) electrons. The minimum absolute atomic E-state index is 0.0941. The molecule has 0 aromatic carbocycles. The van der Waals surface area contributed by atoms with Gasteiger partial charge in [-0.05, 0) is 19.8 Å². The van der Waals surface area contributed by atoms with E-state index in [4.69, 9.17) is 23.2 Å². The van der Waals surface area contributed by atoms with E-state index in [1.165, 1.54) is 5.04 Å². The Balaban J connectivity index is 2.11. The van der Waals surface area contributed by atoms with E-state index in [1.807, 2.05) is 0 Å². The van der Waals surface area contributed by atoms with Crippen LogP contribution in [0, 0.1) is 0 Å². The summed E-state index contributed by atoms with van der Waals surface area (Å²) < 4.78 is 0. The van der Waals surface area contributed by atoms with Crippen molar-refractivity contribution in [3.05, 3.63) is 0 Å². The van der Waals surface area contributed by atoms with Crippen LogP contribution in [-0.2, 0) is 0 Å². The van der Waals surface area contributed by atoms with Gasteiger partial charge in [-0.25, -0.2) is 0 Å². The molecule has 0 N–H and O–H groups in total. The van der Waals surface area contributed by atoms with Crippen LogP contribution in [0.1, 0.15) is 19.8 Å². The molecule has 2 rings (SSSR count). The van der Waals surface area contributed by atoms with Crippen LogP contribution in [-0.4, -0.2) is 27.1 Å². The third-order valence-electron chi connectivity index (χ3n) is 2.43. The molecule has 12 heavy (non-hydrogen) atoms. The van der Waals surface area contributed by atoms with Gasteiger partial charge in [0.15, 0.2) is 0 Å². The number of nitrogens with zero attached hydrogens (tertiary/aromatic N) is 1. The average molecular weight is 224 g/mol. The van der Waals surface area contributed by atoms with E-state index in [2.05, 4.69) is 11.9 Å². The number of rotatable bonds is 0. The monoisotopic (exact) mass is 223 g/mol. The standard InChI is InChI=1S/C8H11Cl2NS/c1-4-11-6-3-2-5(9)7(10)8(6)12-4/h5-8H,2-3H2,1H3. The molecule has 0 bridgehead atoms. The van der Waals surface area contributed by atoms with Gasteiger partial charge in [-0.3, -0.25) is 4.99 Å². The summed E-state index contributed by atoms with van der Waals surface area (Å²) in [5, 5.41) is 1.84. The Morgan fingerprint density at radius 2 is 2.17 bits per heavy atom. The van der Waals surface area contributed by atoms with Crippen molar-refractivity contribution in [3.8, 4) is 0 Å². The number of aliphatic imine (C=N–C) groups is 1. The fraction of sp³-hybridized carbons (Fsp3) is 0.875. The number of halogens is 2. The Morgan fingerprint density at radius 1 is 1.42 bits per heavy atom. The van der Waals surface area contributed by atoms with E-state index in [0.717, 1.165) is 12.8 Å². The lowest BCUT2D eigenvalue weighted by Crippen LogP contribution is -2.39. The van der Waals surface area contributed by atoms with Crippen LogP contribution in [0.4, 0.5) is 0 Å². The van der Waals surface area contributed by atoms with Gasteiger partial charge in [0.2, 0.25) is 0 Å². The first-order valence-electron chi connectivity index (χ1n) is 4.17. The molecule has 0 aromatic heterocycles. The van der Waals surface area contributed by atoms with E-state index in [1.54, 1.807) is 11.8 Å². The fourth-order valence-electron chi connectivity index (χ4n) is 1.81. The number of fused-ring (bicyclic) bond motifs is 1. The van der Waals surface area contributed by atoms with Gasteiger partial charge in [0.25, 0.3) is 0 Å². The molecule has 1 aliphatic carbocycles. The Morgan fingerprint density at radius 3 is 2.92 bits per heavy atom. The smallest absolute Gasteiger partial charge is 0.0652 e. The summed E-state index contributed by atoms with van der Waals surface area (Å²) in [6.45, 7) is 2.05. The molecule has 0 amide bonds. The summed E-state index contributed by atoms with van der Waals surface area (Å²) in [5.74, 6) is 0. The van der Waals surface area contributed by atoms with E-state index < -0.39 is 0 Å². The number of hydrogen-bond acceptors (Lipinski definition) is 2. The zero-order valence-corrected chi connectivity index (χ0v) is 9.16. The molecule has 1 heterocycles. The van der Waals surface area contributed by atoms with Gasteiger partial charge < -0.3 is 0 Å². The van der Waals surface area contributed by atoms with E-state index in [-0.39, 0.29) is 10.8 Å². The van der Waals surface area contributed by atoms with E-state index in [9.17, 15) is 0 Å². The predicted octanol–water partition coefficient (Wildman–Crippen LogP) is 2.90. The SMILES string of the molecule is CC1=NC2CCC(Cl)C(Cl)C2S1. The van der Waals surface area contributed by atoms with Crippen LogP contribution >= 0.6 is 35.0 Å². The molecule has 2 aliphatic rings. The van der Waals surface area contributed by atoms with Crippen LogP contribution in [0.3, 0.4) is 0 Å². The van der Waals surface area contributed by atoms with Crippen LogP contribution in [0.5, 0.6) is 0 Å². The molecule has 4 unspecified atom stereocenters. The van der Waals surface area contributed by atoms with E-state index >= 15 is 0 Å². The topological polar surface area (TPSA) is 12.4 Å². The molecule has 4 heteroatoms. The minimum Gasteiger partial charge on any atom is -0.279 e. The molecular formula is C8H11Cl2NS. The van der Waals surface area contributed by atoms with Crippen molar-refractivity contribution in [1.29, 1.82) is 0 Å². The van der Waals surface area contributed by atoms with Crippen molar-refractivity contribution in [3.63, 3.8) is 0 Å². The molecule has 0 spiro atoms. The van der Waals surface area contributed by atoms with Crippen molar-refractivity contribution in [2.45, 2.75) is 41.8 Å². The molecule has 1 fully saturated rings. The van der Waals surface area contributed by atoms with Crippen molar-refractivity contribution in [1.82, 2.24) is 0 Å². The Hall–Kier alpha value is 0.600. The Bertz CT molecular complexity index is 219. The summed E-state index contributed by atoms with van der Waals surface area (Å²) in [4.78, 5) is 4.53. The minimum atomic E-state index is 0.0941. The summed E-state index contributed by atoms with van der Waals surface area (Å²) in [6, 6.07) is 0.437. The van der Waals surface area contributed by atoms with Gasteiger partial charge in [0.05, 0.1) is 27.1 Å². The molecule has 1 aliphatic heterocycles. The van der Waals surface area contributed by atoms with Crippen molar-refractivity contribution in [2.75, 3.05) is 0 Å². The summed E-state index contributed by atoms with van der Waals surface area (Å²) >= 11 is 14.1. The molecule has 0 saturated heterocycles. The maximum absolute atomic E-state index is 6.21. The van der Waals surface area contributed by atoms with Crippen molar-refractivity contribution in [2.24, 2.45) is 4.99 Å². The third-order valence-corrected chi connectivity index (χ3v) is 5.10. The number of thioether (sulfide) groups is 1. The second-order valence-electron chi connectivity index (χ2n) is 3.34. The third kappa shape index (κ3) is 1.49. The van der Waals surface area contributed by atoms with Gasteiger partial charge in [0.1, 0.15) is 0 Å². The first-order chi connectivity index (χ1) is 5.68. The highest BCUT2D eigenvalue weighted by atomic mass is 35.5. The van der Waals surface area contributed by atoms with Gasteiger partial charge in [0, 0.05) is 0 Å². The normalized spacial score (nSPS) is 47.1. The van der Waals surface area contributed by atoms with Crippen molar-refractivity contribution < 1.29 is 0 Å². The molecule has 4 atom stereocenters. The number of alkyl halides is 2. The lowest BCUT2D eigenvalue weighted by Gasteiger charge is -2.31. The van der Waals surface area contributed by atoms with Crippen LogP contribution in [0.15, 0.2) is 4.99 Å². The first-order valence-corrected chi connectivity index (χ1v) is 5.93. The van der Waals surface area contributed by atoms with Crippen molar-refractivity contribution >= 4 is 40.0 Å². The highest BCUT2D eigenvalue weighted by Crippen LogP contribution is 2.41. The Kier molecular flexibility index (Phi) is 2.59.